The lowest BCUT2D eigenvalue weighted by Crippen LogP contribution is -2.35. The summed E-state index contributed by atoms with van der Waals surface area (Å²) in [6.07, 6.45) is 8.94. The molecule has 1 aliphatic rings. The first-order valence-electron chi connectivity index (χ1n) is 7.71. The summed E-state index contributed by atoms with van der Waals surface area (Å²) in [4.78, 5) is 18.5. The number of rotatable bonds is 6. The lowest BCUT2D eigenvalue weighted by molar-refractivity contribution is -0.122. The van der Waals surface area contributed by atoms with Crippen LogP contribution in [0.15, 0.2) is 24.5 Å². The Morgan fingerprint density at radius 3 is 2.65 bits per heavy atom. The van der Waals surface area contributed by atoms with Crippen LogP contribution in [0, 0.1) is 0 Å². The molecule has 1 atom stereocenters. The Labute approximate surface area is 121 Å². The third-order valence-corrected chi connectivity index (χ3v) is 3.96. The number of nitrogens with zero attached hydrogens (tertiary/aromatic N) is 2. The third-order valence-electron chi connectivity index (χ3n) is 3.96. The maximum Gasteiger partial charge on any atom is 0.221 e. The minimum absolute atomic E-state index is 0.104. The molecule has 2 rings (SSSR count). The minimum Gasteiger partial charge on any atom is -0.349 e. The molecule has 0 bridgehead atoms. The molecule has 4 heteroatoms. The summed E-state index contributed by atoms with van der Waals surface area (Å²) in [5.74, 6) is 0.152. The number of carbonyl (C=O) groups excluding carboxylic acids is 1. The number of piperidine rings is 1. The van der Waals surface area contributed by atoms with Crippen LogP contribution >= 0.6 is 0 Å². The van der Waals surface area contributed by atoms with Crippen molar-refractivity contribution in [2.75, 3.05) is 19.6 Å². The molecular weight excluding hydrogens is 250 g/mol. The SMILES string of the molecule is CC[C@H](NC(=O)CCN1CCCCC1)c1ccncc1. The van der Waals surface area contributed by atoms with Crippen LogP contribution in [0.3, 0.4) is 0 Å². The minimum atomic E-state index is 0.104. The molecule has 0 spiro atoms. The van der Waals surface area contributed by atoms with Crippen LogP contribution < -0.4 is 5.32 Å². The Morgan fingerprint density at radius 2 is 2.00 bits per heavy atom. The van der Waals surface area contributed by atoms with Crippen LogP contribution in [0.25, 0.3) is 0 Å². The van der Waals surface area contributed by atoms with Gasteiger partial charge in [-0.3, -0.25) is 9.78 Å². The van der Waals surface area contributed by atoms with Gasteiger partial charge in [0, 0.05) is 25.4 Å². The Morgan fingerprint density at radius 1 is 1.30 bits per heavy atom. The maximum absolute atomic E-state index is 12.1. The van der Waals surface area contributed by atoms with E-state index < -0.39 is 0 Å². The van der Waals surface area contributed by atoms with E-state index >= 15 is 0 Å². The van der Waals surface area contributed by atoms with E-state index in [0.717, 1.165) is 31.6 Å². The van der Waals surface area contributed by atoms with Crippen molar-refractivity contribution in [3.8, 4) is 0 Å². The first kappa shape index (κ1) is 15.0. The van der Waals surface area contributed by atoms with Crippen LogP contribution in [0.4, 0.5) is 0 Å². The second-order valence-corrected chi connectivity index (χ2v) is 5.46. The van der Waals surface area contributed by atoms with Crippen LogP contribution in [-0.2, 0) is 4.79 Å². The van der Waals surface area contributed by atoms with Gasteiger partial charge in [0.25, 0.3) is 0 Å². The molecule has 1 fully saturated rings. The molecule has 1 amide bonds. The van der Waals surface area contributed by atoms with Gasteiger partial charge >= 0.3 is 0 Å². The van der Waals surface area contributed by atoms with Gasteiger partial charge < -0.3 is 10.2 Å². The van der Waals surface area contributed by atoms with Gasteiger partial charge in [-0.15, -0.1) is 0 Å². The molecule has 1 aliphatic heterocycles. The normalized spacial score (nSPS) is 17.6. The van der Waals surface area contributed by atoms with Gasteiger partial charge in [0.15, 0.2) is 0 Å². The van der Waals surface area contributed by atoms with Crippen molar-refractivity contribution in [2.24, 2.45) is 0 Å². The first-order chi connectivity index (χ1) is 9.79. The highest BCUT2D eigenvalue weighted by molar-refractivity contribution is 5.76. The molecule has 0 saturated carbocycles. The number of nitrogens with one attached hydrogen (secondary N) is 1. The molecule has 2 heterocycles. The fourth-order valence-electron chi connectivity index (χ4n) is 2.73. The second kappa shape index (κ2) is 8.00. The van der Waals surface area contributed by atoms with E-state index in [1.54, 1.807) is 12.4 Å². The fourth-order valence-corrected chi connectivity index (χ4v) is 2.73. The van der Waals surface area contributed by atoms with Crippen LogP contribution in [-0.4, -0.2) is 35.4 Å². The summed E-state index contributed by atoms with van der Waals surface area (Å²) in [7, 11) is 0. The average molecular weight is 275 g/mol. The Hall–Kier alpha value is -1.42. The first-order valence-corrected chi connectivity index (χ1v) is 7.71. The van der Waals surface area contributed by atoms with Crippen LogP contribution in [0.1, 0.15) is 50.6 Å². The fraction of sp³-hybridized carbons (Fsp3) is 0.625. The van der Waals surface area contributed by atoms with E-state index in [9.17, 15) is 4.79 Å². The second-order valence-electron chi connectivity index (χ2n) is 5.46. The number of amides is 1. The van der Waals surface area contributed by atoms with Crippen molar-refractivity contribution < 1.29 is 4.79 Å². The monoisotopic (exact) mass is 275 g/mol. The standard InChI is InChI=1S/C16H25N3O/c1-2-15(14-6-9-17-10-7-14)18-16(20)8-13-19-11-4-3-5-12-19/h6-7,9-10,15H,2-5,8,11-13H2,1H3,(H,18,20)/t15-/m0/s1. The van der Waals surface area contributed by atoms with Crippen LogP contribution in [0.5, 0.6) is 0 Å². The highest BCUT2D eigenvalue weighted by atomic mass is 16.1. The van der Waals surface area contributed by atoms with Gasteiger partial charge in [0.2, 0.25) is 5.91 Å². The molecule has 0 radical (unpaired) electrons. The van der Waals surface area contributed by atoms with Crippen molar-refractivity contribution in [2.45, 2.75) is 45.1 Å². The predicted molar refractivity (Wildman–Crippen MR) is 80.3 cm³/mol. The van der Waals surface area contributed by atoms with E-state index in [0.29, 0.717) is 6.42 Å². The van der Waals surface area contributed by atoms with E-state index in [1.165, 1.54) is 19.3 Å². The zero-order valence-electron chi connectivity index (χ0n) is 12.3. The zero-order valence-corrected chi connectivity index (χ0v) is 12.3. The number of hydrogen-bond acceptors (Lipinski definition) is 3. The number of aromatic nitrogens is 1. The number of carbonyl (C=O) groups is 1. The van der Waals surface area contributed by atoms with Gasteiger partial charge in [-0.1, -0.05) is 13.3 Å². The van der Waals surface area contributed by atoms with E-state index in [-0.39, 0.29) is 11.9 Å². The Balaban J connectivity index is 1.77. The van der Waals surface area contributed by atoms with Crippen molar-refractivity contribution in [1.82, 2.24) is 15.2 Å². The van der Waals surface area contributed by atoms with Crippen molar-refractivity contribution >= 4 is 5.91 Å². The van der Waals surface area contributed by atoms with Gasteiger partial charge in [-0.2, -0.15) is 0 Å². The van der Waals surface area contributed by atoms with Gasteiger partial charge in [-0.25, -0.2) is 0 Å². The number of hydrogen-bond donors (Lipinski definition) is 1. The molecule has 110 valence electrons. The molecule has 4 nitrogen and oxygen atoms in total. The summed E-state index contributed by atoms with van der Waals surface area (Å²) in [5, 5.41) is 3.13. The third kappa shape index (κ3) is 4.60. The zero-order chi connectivity index (χ0) is 14.2. The summed E-state index contributed by atoms with van der Waals surface area (Å²) in [5.41, 5.74) is 1.13. The van der Waals surface area contributed by atoms with E-state index in [4.69, 9.17) is 0 Å². The summed E-state index contributed by atoms with van der Waals surface area (Å²) < 4.78 is 0. The quantitative estimate of drug-likeness (QED) is 0.867. The Bertz CT molecular complexity index is 401. The van der Waals surface area contributed by atoms with Gasteiger partial charge in [0.1, 0.15) is 0 Å². The molecule has 0 aromatic carbocycles. The molecule has 1 saturated heterocycles. The lowest BCUT2D eigenvalue weighted by Gasteiger charge is -2.26. The molecule has 0 aliphatic carbocycles. The van der Waals surface area contributed by atoms with Gasteiger partial charge in [0.05, 0.1) is 6.04 Å². The molecule has 1 aromatic heterocycles. The largest absolute Gasteiger partial charge is 0.349 e. The van der Waals surface area contributed by atoms with Crippen molar-refractivity contribution in [3.63, 3.8) is 0 Å². The van der Waals surface area contributed by atoms with Crippen LogP contribution in [0.2, 0.25) is 0 Å². The Kier molecular flexibility index (Phi) is 5.99. The lowest BCUT2D eigenvalue weighted by atomic mass is 10.1. The molecule has 1 aromatic rings. The smallest absolute Gasteiger partial charge is 0.221 e. The summed E-state index contributed by atoms with van der Waals surface area (Å²) >= 11 is 0. The van der Waals surface area contributed by atoms with Crippen molar-refractivity contribution in [3.05, 3.63) is 30.1 Å². The van der Waals surface area contributed by atoms with Gasteiger partial charge in [-0.05, 0) is 50.0 Å². The summed E-state index contributed by atoms with van der Waals surface area (Å²) in [6.45, 7) is 5.28. The van der Waals surface area contributed by atoms with E-state index in [1.807, 2.05) is 12.1 Å². The molecular formula is C16H25N3O. The van der Waals surface area contributed by atoms with Crippen molar-refractivity contribution in [1.29, 1.82) is 0 Å². The topological polar surface area (TPSA) is 45.2 Å². The number of pyridine rings is 1. The molecule has 0 unspecified atom stereocenters. The number of likely N-dealkylation sites (tertiary alicyclic amines) is 1. The molecule has 20 heavy (non-hydrogen) atoms. The predicted octanol–water partition coefficient (Wildman–Crippen LogP) is 2.52. The average Bonchev–Trinajstić information content (AvgIpc) is 2.52. The van der Waals surface area contributed by atoms with E-state index in [2.05, 4.69) is 22.1 Å². The highest BCUT2D eigenvalue weighted by Gasteiger charge is 2.15. The maximum atomic E-state index is 12.1. The highest BCUT2D eigenvalue weighted by Crippen LogP contribution is 2.15. The summed E-state index contributed by atoms with van der Waals surface area (Å²) in [6, 6.07) is 4.05. The molecule has 1 N–H and O–H groups in total.